The van der Waals surface area contributed by atoms with E-state index in [1.165, 1.54) is 18.2 Å². The Morgan fingerprint density at radius 2 is 1.80 bits per heavy atom. The number of nitrogens with one attached hydrogen (secondary N) is 1. The molecule has 2 aromatic heterocycles. The van der Waals surface area contributed by atoms with Gasteiger partial charge in [-0.25, -0.2) is 17.8 Å². The molecule has 0 amide bonds. The summed E-state index contributed by atoms with van der Waals surface area (Å²) < 4.78 is 39.9. The molecule has 9 nitrogen and oxygen atoms in total. The van der Waals surface area contributed by atoms with Crippen LogP contribution in [-0.2, 0) is 27.7 Å². The van der Waals surface area contributed by atoms with E-state index < -0.39 is 34.6 Å². The van der Waals surface area contributed by atoms with Crippen LogP contribution in [0.1, 0.15) is 61.5 Å². The largest absolute Gasteiger partial charge is 0.481 e. The molecular weight excluding hydrogens is 549 g/mol. The number of rotatable bonds is 10. The summed E-state index contributed by atoms with van der Waals surface area (Å²) in [5.41, 5.74) is 6.20. The summed E-state index contributed by atoms with van der Waals surface area (Å²) in [6.45, 7) is 3.98. The molecule has 1 aliphatic carbocycles. The fourth-order valence-electron chi connectivity index (χ4n) is 5.11. The van der Waals surface area contributed by atoms with Gasteiger partial charge in [0.2, 0.25) is 10.0 Å². The van der Waals surface area contributed by atoms with Crippen molar-refractivity contribution in [1.29, 1.82) is 0 Å². The minimum Gasteiger partial charge on any atom is -0.481 e. The first-order chi connectivity index (χ1) is 19.3. The maximum Gasteiger partial charge on any atom is 0.305 e. The number of hydrogen-bond acceptors (Lipinski definition) is 7. The van der Waals surface area contributed by atoms with E-state index in [2.05, 4.69) is 9.71 Å². The van der Waals surface area contributed by atoms with E-state index in [-0.39, 0.29) is 24.0 Å². The number of fused-ring (bicyclic) bond motifs is 3. The van der Waals surface area contributed by atoms with Crippen molar-refractivity contribution in [3.8, 4) is 22.4 Å². The van der Waals surface area contributed by atoms with Gasteiger partial charge in [0.05, 0.1) is 42.0 Å². The molecule has 2 heterocycles. The van der Waals surface area contributed by atoms with Crippen LogP contribution < -0.4 is 4.72 Å². The molecule has 0 fully saturated rings. The number of sulfonamides is 1. The summed E-state index contributed by atoms with van der Waals surface area (Å²) in [6.07, 6.45) is 3.32. The molecule has 0 saturated heterocycles. The third-order valence-electron chi connectivity index (χ3n) is 6.81. The maximum absolute atomic E-state index is 14.0. The topological polar surface area (TPSA) is 150 Å². The molecule has 1 aromatic carbocycles. The van der Waals surface area contributed by atoms with Crippen LogP contribution >= 0.6 is 0 Å². The van der Waals surface area contributed by atoms with Gasteiger partial charge in [-0.05, 0) is 66.1 Å². The molecule has 2 atom stereocenters. The van der Waals surface area contributed by atoms with E-state index >= 15 is 0 Å². The fourth-order valence-corrected chi connectivity index (χ4v) is 5.61. The van der Waals surface area contributed by atoms with Crippen LogP contribution in [0.3, 0.4) is 0 Å². The van der Waals surface area contributed by atoms with Crippen LogP contribution in [0.5, 0.6) is 0 Å². The maximum atomic E-state index is 14.0. The Bertz CT molecular complexity index is 1570. The Morgan fingerprint density at radius 3 is 2.44 bits per heavy atom. The van der Waals surface area contributed by atoms with Crippen LogP contribution in [0, 0.1) is 5.82 Å². The van der Waals surface area contributed by atoms with Crippen LogP contribution in [0.2, 0.25) is 0 Å². The lowest BCUT2D eigenvalue weighted by Crippen LogP contribution is -2.19. The highest BCUT2D eigenvalue weighted by Gasteiger charge is 2.26. The first-order valence-electron chi connectivity index (χ1n) is 13.4. The number of anilines is 1. The van der Waals surface area contributed by atoms with Gasteiger partial charge in [-0.3, -0.25) is 14.5 Å². The second-order valence-electron chi connectivity index (χ2n) is 10.6. The molecular formula is C30H34FN3O6S. The van der Waals surface area contributed by atoms with E-state index in [0.29, 0.717) is 25.0 Å². The zero-order chi connectivity index (χ0) is 29.9. The lowest BCUT2D eigenvalue weighted by molar-refractivity contribution is -0.139. The molecule has 41 heavy (non-hydrogen) atoms. The standard InChI is InChI=1S/C30H34FN3O6S/c1-17(2)29-24(12-11-20(35)15-21(36)16-27(37)38)28(18-7-9-19(31)10-8-18)23-5-4-6-25-22(30(23)33-29)13-14-26(32-25)34-41(3,39)40/h7-14,17,20-21,35-36H,4-6,15-16H2,1-3H3,(H,32,34)(H,37,38)/t20-,21-/m1/s1. The SMILES string of the molecule is CC(C)c1nc2c(c(-c3ccc(F)cc3)c1C=C[C@@H](O)C[C@@H](O)CC(=O)O)CCCc1nc(NS(C)(=O)=O)ccc1-2. The Morgan fingerprint density at radius 1 is 1.10 bits per heavy atom. The highest BCUT2D eigenvalue weighted by atomic mass is 32.2. The van der Waals surface area contributed by atoms with Gasteiger partial charge in [-0.1, -0.05) is 38.1 Å². The molecule has 0 saturated carbocycles. The smallest absolute Gasteiger partial charge is 0.305 e. The Labute approximate surface area is 238 Å². The summed E-state index contributed by atoms with van der Waals surface area (Å²) in [5, 5.41) is 29.5. The van der Waals surface area contributed by atoms with E-state index in [4.69, 9.17) is 10.1 Å². The van der Waals surface area contributed by atoms with Crippen molar-refractivity contribution in [1.82, 2.24) is 9.97 Å². The number of nitrogens with zero attached hydrogens (tertiary/aromatic N) is 2. The molecule has 0 unspecified atom stereocenters. The summed E-state index contributed by atoms with van der Waals surface area (Å²) in [6, 6.07) is 9.59. The normalized spacial score (nSPS) is 14.8. The zero-order valence-electron chi connectivity index (χ0n) is 23.1. The Kier molecular flexibility index (Phi) is 9.21. The van der Waals surface area contributed by atoms with Gasteiger partial charge in [0.1, 0.15) is 11.6 Å². The number of aliphatic hydroxyl groups excluding tert-OH is 2. The average molecular weight is 584 g/mol. The predicted octanol–water partition coefficient (Wildman–Crippen LogP) is 4.53. The van der Waals surface area contributed by atoms with Crippen molar-refractivity contribution >= 4 is 27.9 Å². The van der Waals surface area contributed by atoms with E-state index in [0.717, 1.165) is 45.5 Å². The van der Waals surface area contributed by atoms with E-state index in [1.54, 1.807) is 24.3 Å². The van der Waals surface area contributed by atoms with Gasteiger partial charge in [0.25, 0.3) is 0 Å². The quantitative estimate of drug-likeness (QED) is 0.272. The molecule has 11 heteroatoms. The molecule has 3 aromatic rings. The van der Waals surface area contributed by atoms with Crippen LogP contribution in [0.4, 0.5) is 10.2 Å². The third-order valence-corrected chi connectivity index (χ3v) is 7.39. The minimum absolute atomic E-state index is 0.0558. The number of aromatic nitrogens is 2. The average Bonchev–Trinajstić information content (AvgIpc) is 3.04. The Hall–Kier alpha value is -3.67. The monoisotopic (exact) mass is 583 g/mol. The van der Waals surface area contributed by atoms with E-state index in [9.17, 15) is 27.8 Å². The van der Waals surface area contributed by atoms with Crippen molar-refractivity contribution in [3.05, 3.63) is 70.8 Å². The number of aliphatic hydroxyl groups is 2. The molecule has 1 aliphatic rings. The molecule has 0 radical (unpaired) electrons. The summed E-state index contributed by atoms with van der Waals surface area (Å²) >= 11 is 0. The van der Waals surface area contributed by atoms with E-state index in [1.807, 2.05) is 19.9 Å². The first kappa shape index (κ1) is 30.3. The summed E-state index contributed by atoms with van der Waals surface area (Å²) in [5.74, 6) is -1.35. The van der Waals surface area contributed by atoms with Gasteiger partial charge < -0.3 is 15.3 Å². The Balaban J connectivity index is 1.90. The van der Waals surface area contributed by atoms with Gasteiger partial charge in [-0.2, -0.15) is 0 Å². The number of carbonyl (C=O) groups is 1. The van der Waals surface area contributed by atoms with Crippen LogP contribution in [0.25, 0.3) is 28.5 Å². The molecule has 4 N–H and O–H groups in total. The number of carboxylic acids is 1. The van der Waals surface area contributed by atoms with Crippen molar-refractivity contribution in [2.24, 2.45) is 0 Å². The molecule has 0 aliphatic heterocycles. The number of carboxylic acid groups (broad SMARTS) is 1. The van der Waals surface area contributed by atoms with Gasteiger partial charge in [0, 0.05) is 17.5 Å². The number of pyridine rings is 2. The second kappa shape index (κ2) is 12.5. The summed E-state index contributed by atoms with van der Waals surface area (Å²) in [4.78, 5) is 20.6. The van der Waals surface area contributed by atoms with Crippen LogP contribution in [-0.4, -0.2) is 58.1 Å². The fraction of sp³-hybridized carbons (Fsp3) is 0.367. The number of aliphatic carboxylic acids is 1. The van der Waals surface area contributed by atoms with Crippen molar-refractivity contribution < 1.29 is 32.9 Å². The van der Waals surface area contributed by atoms with Gasteiger partial charge >= 0.3 is 5.97 Å². The predicted molar refractivity (Wildman–Crippen MR) is 155 cm³/mol. The third kappa shape index (κ3) is 7.55. The summed E-state index contributed by atoms with van der Waals surface area (Å²) in [7, 11) is -3.50. The van der Waals surface area contributed by atoms with Crippen LogP contribution in [0.15, 0.2) is 42.5 Å². The highest BCUT2D eigenvalue weighted by Crippen LogP contribution is 2.42. The number of benzene rings is 1. The highest BCUT2D eigenvalue weighted by molar-refractivity contribution is 7.92. The second-order valence-corrected chi connectivity index (χ2v) is 12.4. The van der Waals surface area contributed by atoms with Gasteiger partial charge in [0.15, 0.2) is 0 Å². The van der Waals surface area contributed by atoms with Crippen molar-refractivity contribution in [2.75, 3.05) is 11.0 Å². The zero-order valence-corrected chi connectivity index (χ0v) is 23.9. The minimum atomic E-state index is -3.50. The number of halogens is 1. The van der Waals surface area contributed by atoms with Crippen molar-refractivity contribution in [2.45, 2.75) is 64.1 Å². The lowest BCUT2D eigenvalue weighted by Gasteiger charge is -2.22. The van der Waals surface area contributed by atoms with Crippen molar-refractivity contribution in [3.63, 3.8) is 0 Å². The van der Waals surface area contributed by atoms with Gasteiger partial charge in [-0.15, -0.1) is 0 Å². The number of hydrogen-bond donors (Lipinski definition) is 4. The first-order valence-corrected chi connectivity index (χ1v) is 15.3. The lowest BCUT2D eigenvalue weighted by atomic mass is 9.86. The molecule has 4 rings (SSSR count). The molecule has 218 valence electrons. The molecule has 0 spiro atoms. The molecule has 0 bridgehead atoms. The number of aryl methyl sites for hydroxylation is 1.